The number of methoxy groups -OCH3 is 1. The van der Waals surface area contributed by atoms with Crippen molar-refractivity contribution < 1.29 is 9.53 Å². The molecule has 1 aromatic heterocycles. The Kier molecular flexibility index (Phi) is 6.61. The number of halogens is 1. The number of hydrogen-bond donors (Lipinski definition) is 0. The van der Waals surface area contributed by atoms with Crippen molar-refractivity contribution in [3.8, 4) is 16.9 Å². The van der Waals surface area contributed by atoms with Crippen LogP contribution < -0.4 is 4.74 Å². The second kappa shape index (κ2) is 9.13. The second-order valence-corrected chi connectivity index (χ2v) is 7.49. The summed E-state index contributed by atoms with van der Waals surface area (Å²) >= 11 is 2.27. The molecule has 3 nitrogen and oxygen atoms in total. The van der Waals surface area contributed by atoms with Crippen LogP contribution >= 0.6 is 22.6 Å². The van der Waals surface area contributed by atoms with Gasteiger partial charge in [0.1, 0.15) is 5.75 Å². The molecule has 0 amide bonds. The van der Waals surface area contributed by atoms with Crippen molar-refractivity contribution in [2.75, 3.05) is 7.11 Å². The predicted octanol–water partition coefficient (Wildman–Crippen LogP) is 5.94. The highest BCUT2D eigenvalue weighted by Gasteiger charge is 2.22. The van der Waals surface area contributed by atoms with E-state index in [-0.39, 0.29) is 5.78 Å². The van der Waals surface area contributed by atoms with Crippen LogP contribution in [0.1, 0.15) is 41.4 Å². The number of carbonyl (C=O) groups excluding carboxylic acids is 1. The largest absolute Gasteiger partial charge is 0.497 e. The number of rotatable bonds is 7. The highest BCUT2D eigenvalue weighted by Crippen LogP contribution is 2.33. The van der Waals surface area contributed by atoms with Gasteiger partial charge >= 0.3 is 0 Å². The summed E-state index contributed by atoms with van der Waals surface area (Å²) in [4.78, 5) is 18.1. The molecule has 0 bridgehead atoms. The molecule has 0 saturated carbocycles. The van der Waals surface area contributed by atoms with E-state index in [0.717, 1.165) is 45.4 Å². The lowest BCUT2D eigenvalue weighted by molar-refractivity contribution is 0.103. The number of aromatic nitrogens is 1. The SMILES string of the molecule is CCCCc1ncc(I)c(-c2ccc(OC)cc2)c1C(=O)c1ccccc1. The van der Waals surface area contributed by atoms with Crippen LogP contribution in [0, 0.1) is 3.57 Å². The summed E-state index contributed by atoms with van der Waals surface area (Å²) < 4.78 is 6.25. The van der Waals surface area contributed by atoms with E-state index in [0.29, 0.717) is 11.1 Å². The lowest BCUT2D eigenvalue weighted by Gasteiger charge is -2.16. The molecule has 0 atom stereocenters. The molecule has 0 unspecified atom stereocenters. The Morgan fingerprint density at radius 2 is 1.78 bits per heavy atom. The third kappa shape index (κ3) is 4.38. The summed E-state index contributed by atoms with van der Waals surface area (Å²) in [6.07, 6.45) is 4.73. The third-order valence-electron chi connectivity index (χ3n) is 4.52. The van der Waals surface area contributed by atoms with E-state index in [1.807, 2.05) is 60.8 Å². The van der Waals surface area contributed by atoms with Crippen LogP contribution in [0.15, 0.2) is 60.8 Å². The van der Waals surface area contributed by atoms with Gasteiger partial charge in [-0.1, -0.05) is 55.8 Å². The van der Waals surface area contributed by atoms with Crippen molar-refractivity contribution in [1.82, 2.24) is 4.98 Å². The molecule has 0 fully saturated rings. The fraction of sp³-hybridized carbons (Fsp3) is 0.217. The molecule has 0 aliphatic rings. The number of nitrogens with zero attached hydrogens (tertiary/aromatic N) is 1. The highest BCUT2D eigenvalue weighted by atomic mass is 127. The van der Waals surface area contributed by atoms with Crippen molar-refractivity contribution in [2.45, 2.75) is 26.2 Å². The van der Waals surface area contributed by atoms with E-state index in [1.165, 1.54) is 0 Å². The van der Waals surface area contributed by atoms with Crippen LogP contribution in [0.4, 0.5) is 0 Å². The molecule has 3 aromatic rings. The standard InChI is InChI=1S/C23H22INO2/c1-3-4-10-20-22(23(26)17-8-6-5-7-9-17)21(19(24)15-25-20)16-11-13-18(27-2)14-12-16/h5-9,11-15H,3-4,10H2,1-2H3. The molecule has 138 valence electrons. The Balaban J connectivity index is 2.19. The van der Waals surface area contributed by atoms with E-state index in [1.54, 1.807) is 7.11 Å². The zero-order valence-electron chi connectivity index (χ0n) is 15.5. The average molecular weight is 471 g/mol. The van der Waals surface area contributed by atoms with Crippen LogP contribution in [-0.4, -0.2) is 17.9 Å². The molecule has 0 aliphatic carbocycles. The fourth-order valence-corrected chi connectivity index (χ4v) is 3.80. The number of hydrogen-bond acceptors (Lipinski definition) is 3. The molecule has 3 rings (SSSR count). The van der Waals surface area contributed by atoms with Gasteiger partial charge in [0, 0.05) is 20.9 Å². The van der Waals surface area contributed by atoms with E-state index < -0.39 is 0 Å². The number of aryl methyl sites for hydroxylation is 1. The summed E-state index contributed by atoms with van der Waals surface area (Å²) in [7, 11) is 1.65. The molecule has 0 radical (unpaired) electrons. The van der Waals surface area contributed by atoms with Crippen LogP contribution in [0.2, 0.25) is 0 Å². The van der Waals surface area contributed by atoms with Crippen LogP contribution in [0.25, 0.3) is 11.1 Å². The maximum absolute atomic E-state index is 13.4. The van der Waals surface area contributed by atoms with Gasteiger partial charge in [0.05, 0.1) is 18.4 Å². The molecule has 27 heavy (non-hydrogen) atoms. The predicted molar refractivity (Wildman–Crippen MR) is 117 cm³/mol. The number of unbranched alkanes of at least 4 members (excludes halogenated alkanes) is 1. The molecule has 0 aliphatic heterocycles. The first-order valence-corrected chi connectivity index (χ1v) is 10.1. The molecular formula is C23H22INO2. The lowest BCUT2D eigenvalue weighted by atomic mass is 9.91. The van der Waals surface area contributed by atoms with Gasteiger partial charge in [0.2, 0.25) is 0 Å². The zero-order chi connectivity index (χ0) is 19.2. The van der Waals surface area contributed by atoms with Gasteiger partial charge in [-0.2, -0.15) is 0 Å². The van der Waals surface area contributed by atoms with E-state index >= 15 is 0 Å². The van der Waals surface area contributed by atoms with Crippen molar-refractivity contribution in [2.24, 2.45) is 0 Å². The van der Waals surface area contributed by atoms with Gasteiger partial charge in [-0.3, -0.25) is 9.78 Å². The third-order valence-corrected chi connectivity index (χ3v) is 5.34. The number of carbonyl (C=O) groups is 1. The summed E-state index contributed by atoms with van der Waals surface area (Å²) in [6, 6.07) is 17.3. The van der Waals surface area contributed by atoms with Crippen molar-refractivity contribution in [1.29, 1.82) is 0 Å². The summed E-state index contributed by atoms with van der Waals surface area (Å²) in [5.74, 6) is 0.823. The van der Waals surface area contributed by atoms with Gasteiger partial charge in [-0.25, -0.2) is 0 Å². The Bertz CT molecular complexity index is 921. The lowest BCUT2D eigenvalue weighted by Crippen LogP contribution is -2.11. The second-order valence-electron chi connectivity index (χ2n) is 6.33. The summed E-state index contributed by atoms with van der Waals surface area (Å²) in [5, 5.41) is 0. The normalized spacial score (nSPS) is 10.6. The van der Waals surface area contributed by atoms with Crippen LogP contribution in [0.3, 0.4) is 0 Å². The molecule has 0 saturated heterocycles. The van der Waals surface area contributed by atoms with E-state index in [2.05, 4.69) is 34.5 Å². The minimum Gasteiger partial charge on any atom is -0.497 e. The zero-order valence-corrected chi connectivity index (χ0v) is 17.7. The maximum atomic E-state index is 13.4. The minimum atomic E-state index is 0.0264. The molecule has 0 spiro atoms. The van der Waals surface area contributed by atoms with Gasteiger partial charge in [0.15, 0.2) is 5.78 Å². The molecule has 2 aromatic carbocycles. The van der Waals surface area contributed by atoms with Crippen molar-refractivity contribution in [3.05, 3.63) is 81.2 Å². The van der Waals surface area contributed by atoms with Gasteiger partial charge in [-0.05, 0) is 53.1 Å². The Morgan fingerprint density at radius 3 is 2.41 bits per heavy atom. The van der Waals surface area contributed by atoms with Crippen molar-refractivity contribution in [3.63, 3.8) is 0 Å². The van der Waals surface area contributed by atoms with Gasteiger partial charge < -0.3 is 4.74 Å². The number of ketones is 1. The van der Waals surface area contributed by atoms with E-state index in [4.69, 9.17) is 4.74 Å². The molecule has 4 heteroatoms. The smallest absolute Gasteiger partial charge is 0.195 e. The Labute approximate surface area is 173 Å². The highest BCUT2D eigenvalue weighted by molar-refractivity contribution is 14.1. The summed E-state index contributed by atoms with van der Waals surface area (Å²) in [5.41, 5.74) is 4.23. The number of benzene rings is 2. The first kappa shape index (κ1) is 19.5. The quantitative estimate of drug-likeness (QED) is 0.317. The maximum Gasteiger partial charge on any atom is 0.195 e. The molecular weight excluding hydrogens is 449 g/mol. The first-order chi connectivity index (χ1) is 13.2. The first-order valence-electron chi connectivity index (χ1n) is 9.07. The molecule has 0 N–H and O–H groups in total. The Morgan fingerprint density at radius 1 is 1.07 bits per heavy atom. The van der Waals surface area contributed by atoms with Crippen molar-refractivity contribution >= 4 is 28.4 Å². The summed E-state index contributed by atoms with van der Waals surface area (Å²) in [6.45, 7) is 2.15. The average Bonchev–Trinajstić information content (AvgIpc) is 2.73. The number of ether oxygens (including phenoxy) is 1. The van der Waals surface area contributed by atoms with Gasteiger partial charge in [-0.15, -0.1) is 0 Å². The van der Waals surface area contributed by atoms with Crippen LogP contribution in [0.5, 0.6) is 5.75 Å². The Hall–Kier alpha value is -2.21. The van der Waals surface area contributed by atoms with E-state index in [9.17, 15) is 4.79 Å². The topological polar surface area (TPSA) is 39.2 Å². The monoisotopic (exact) mass is 471 g/mol. The molecule has 1 heterocycles. The van der Waals surface area contributed by atoms with Gasteiger partial charge in [0.25, 0.3) is 0 Å². The fourth-order valence-electron chi connectivity index (χ4n) is 3.08. The number of pyridine rings is 1. The van der Waals surface area contributed by atoms with Crippen LogP contribution in [-0.2, 0) is 6.42 Å². The minimum absolute atomic E-state index is 0.0264.